The van der Waals surface area contributed by atoms with Crippen molar-refractivity contribution in [2.24, 2.45) is 0 Å². The van der Waals surface area contributed by atoms with Gasteiger partial charge in [0.25, 0.3) is 5.92 Å². The molecule has 8 heteroatoms. The lowest BCUT2D eigenvalue weighted by molar-refractivity contribution is -0.117. The maximum absolute atomic E-state index is 14.0. The van der Waals surface area contributed by atoms with Crippen molar-refractivity contribution in [3.05, 3.63) is 112 Å². The molecular formula is C31H29ClF2N2O3. The molecule has 3 aromatic carbocycles. The molecule has 0 radical (unpaired) electrons. The number of carbonyl (C=O) groups is 1. The summed E-state index contributed by atoms with van der Waals surface area (Å²) >= 11 is 6.41. The van der Waals surface area contributed by atoms with E-state index in [0.717, 1.165) is 29.2 Å². The van der Waals surface area contributed by atoms with Gasteiger partial charge < -0.3 is 9.84 Å². The maximum atomic E-state index is 14.0. The maximum Gasteiger partial charge on any atom is 0.298 e. The number of aliphatic hydroxyl groups excluding tert-OH is 1. The highest BCUT2D eigenvalue weighted by Gasteiger charge is 2.37. The molecule has 2 atom stereocenters. The summed E-state index contributed by atoms with van der Waals surface area (Å²) in [6, 6.07) is 18.7. The molecule has 202 valence electrons. The fourth-order valence-electron chi connectivity index (χ4n) is 4.19. The Bertz CT molecular complexity index is 1440. The normalized spacial score (nSPS) is 13.1. The topological polar surface area (TPSA) is 72.3 Å². The molecule has 5 nitrogen and oxygen atoms in total. The number of ether oxygens (including phenoxy) is 1. The number of aryl methyl sites for hydroxylation is 1. The Balaban J connectivity index is 1.42. The average molecular weight is 551 g/mol. The number of alkyl halides is 2. The highest BCUT2D eigenvalue weighted by atomic mass is 35.5. The minimum Gasteiger partial charge on any atom is -0.468 e. The van der Waals surface area contributed by atoms with E-state index in [1.54, 1.807) is 12.4 Å². The van der Waals surface area contributed by atoms with Crippen molar-refractivity contribution in [2.75, 3.05) is 0 Å². The van der Waals surface area contributed by atoms with E-state index in [-0.39, 0.29) is 30.3 Å². The fraction of sp³-hybridized carbons (Fsp3) is 0.258. The molecule has 1 unspecified atom stereocenters. The molecule has 0 aliphatic rings. The van der Waals surface area contributed by atoms with Gasteiger partial charge in [-0.3, -0.25) is 4.79 Å². The predicted octanol–water partition coefficient (Wildman–Crippen LogP) is 7.07. The van der Waals surface area contributed by atoms with Crippen LogP contribution in [0.15, 0.2) is 79.1 Å². The lowest BCUT2D eigenvalue weighted by Crippen LogP contribution is -2.27. The summed E-state index contributed by atoms with van der Waals surface area (Å²) in [4.78, 5) is 21.5. The minimum atomic E-state index is -3.34. The molecule has 0 aliphatic carbocycles. The predicted molar refractivity (Wildman–Crippen MR) is 147 cm³/mol. The zero-order valence-electron chi connectivity index (χ0n) is 21.9. The van der Waals surface area contributed by atoms with Crippen LogP contribution in [0.1, 0.15) is 47.8 Å². The van der Waals surface area contributed by atoms with Crippen molar-refractivity contribution in [1.29, 1.82) is 0 Å². The lowest BCUT2D eigenvalue weighted by atomic mass is 9.98. The third-order valence-electron chi connectivity index (χ3n) is 6.44. The van der Waals surface area contributed by atoms with Gasteiger partial charge in [0.15, 0.2) is 0 Å². The lowest BCUT2D eigenvalue weighted by Gasteiger charge is -2.19. The number of rotatable bonds is 10. The Morgan fingerprint density at radius 2 is 1.54 bits per heavy atom. The Kier molecular flexibility index (Phi) is 8.73. The summed E-state index contributed by atoms with van der Waals surface area (Å²) in [7, 11) is 0. The number of carbonyl (C=O) groups excluding carboxylic acids is 1. The number of nitrogens with zero attached hydrogens (tertiary/aromatic N) is 2. The van der Waals surface area contributed by atoms with E-state index < -0.39 is 12.0 Å². The quantitative estimate of drug-likeness (QED) is 0.228. The molecule has 0 bridgehead atoms. The highest BCUT2D eigenvalue weighted by molar-refractivity contribution is 6.31. The van der Waals surface area contributed by atoms with E-state index in [1.165, 1.54) is 24.3 Å². The highest BCUT2D eigenvalue weighted by Crippen LogP contribution is 2.33. The molecule has 0 spiro atoms. The van der Waals surface area contributed by atoms with Crippen molar-refractivity contribution in [2.45, 2.75) is 51.7 Å². The molecule has 0 fully saturated rings. The first kappa shape index (κ1) is 28.3. The van der Waals surface area contributed by atoms with Crippen molar-refractivity contribution in [3.8, 4) is 17.1 Å². The standard InChI is InChI=1S/C31H29ClF2N2O3/c1-19-4-13-27(28(32)16-19)20(2)39-30-29(35-14-15-36-30)24-9-5-22(6-10-24)17-26(38)18-23-7-11-25(12-8-23)31(33,34)21(3)37/h4-16,20-21,37H,17-18H2,1-3H3/t20-,21?/m1/s1. The van der Waals surface area contributed by atoms with Crippen LogP contribution in [0.2, 0.25) is 5.02 Å². The van der Waals surface area contributed by atoms with E-state index >= 15 is 0 Å². The molecule has 0 saturated heterocycles. The second-order valence-corrected chi connectivity index (χ2v) is 9.99. The first-order chi connectivity index (χ1) is 18.5. The molecule has 0 aliphatic heterocycles. The molecule has 4 aromatic rings. The Morgan fingerprint density at radius 1 is 0.949 bits per heavy atom. The zero-order chi connectivity index (χ0) is 28.2. The summed E-state index contributed by atoms with van der Waals surface area (Å²) in [5, 5.41) is 9.92. The number of benzene rings is 3. The van der Waals surface area contributed by atoms with E-state index in [4.69, 9.17) is 16.3 Å². The van der Waals surface area contributed by atoms with Crippen LogP contribution in [-0.4, -0.2) is 27.0 Å². The van der Waals surface area contributed by atoms with Crippen molar-refractivity contribution in [1.82, 2.24) is 9.97 Å². The number of halogens is 3. The van der Waals surface area contributed by atoms with Crippen molar-refractivity contribution < 1.29 is 23.4 Å². The van der Waals surface area contributed by atoms with Gasteiger partial charge in [0, 0.05) is 46.9 Å². The third-order valence-corrected chi connectivity index (χ3v) is 6.77. The Hall–Kier alpha value is -3.68. The second kappa shape index (κ2) is 12.0. The van der Waals surface area contributed by atoms with Crippen molar-refractivity contribution >= 4 is 17.4 Å². The van der Waals surface area contributed by atoms with Gasteiger partial charge in [-0.1, -0.05) is 72.3 Å². The molecule has 0 amide bonds. The van der Waals surface area contributed by atoms with Crippen LogP contribution in [0.3, 0.4) is 0 Å². The number of hydrogen-bond donors (Lipinski definition) is 1. The Labute approximate surface area is 231 Å². The fourth-order valence-corrected chi connectivity index (χ4v) is 4.58. The minimum absolute atomic E-state index is 0.0508. The van der Waals surface area contributed by atoms with E-state index in [1.807, 2.05) is 56.3 Å². The molecule has 1 aromatic heterocycles. The van der Waals surface area contributed by atoms with E-state index in [0.29, 0.717) is 22.2 Å². The van der Waals surface area contributed by atoms with Crippen LogP contribution >= 0.6 is 11.6 Å². The largest absolute Gasteiger partial charge is 0.468 e. The van der Waals surface area contributed by atoms with Gasteiger partial charge in [0.05, 0.1) is 0 Å². The third kappa shape index (κ3) is 6.85. The van der Waals surface area contributed by atoms with Gasteiger partial charge in [-0.25, -0.2) is 9.97 Å². The molecule has 1 N–H and O–H groups in total. The summed E-state index contributed by atoms with van der Waals surface area (Å²) in [5.41, 5.74) is 4.42. The number of ketones is 1. The van der Waals surface area contributed by atoms with Crippen molar-refractivity contribution in [3.63, 3.8) is 0 Å². The SMILES string of the molecule is Cc1ccc([C@@H](C)Oc2nccnc2-c2ccc(CC(=O)Cc3ccc(C(F)(F)C(C)O)cc3)cc2)c(Cl)c1. The number of aliphatic hydroxyl groups is 1. The summed E-state index contributed by atoms with van der Waals surface area (Å²) < 4.78 is 34.1. The number of hydrogen-bond acceptors (Lipinski definition) is 5. The van der Waals surface area contributed by atoms with Gasteiger partial charge in [0.1, 0.15) is 23.7 Å². The summed E-state index contributed by atoms with van der Waals surface area (Å²) in [6.07, 6.45) is 1.31. The molecule has 4 rings (SSSR count). The van der Waals surface area contributed by atoms with Gasteiger partial charge in [-0.2, -0.15) is 8.78 Å². The number of Topliss-reactive ketones (excluding diaryl/α,β-unsaturated/α-hetero) is 1. The van der Waals surface area contributed by atoms with Crippen LogP contribution in [0.4, 0.5) is 8.78 Å². The van der Waals surface area contributed by atoms with Gasteiger partial charge in [0.2, 0.25) is 5.88 Å². The molecule has 0 saturated carbocycles. The Morgan fingerprint density at radius 3 is 2.13 bits per heavy atom. The average Bonchev–Trinajstić information content (AvgIpc) is 2.89. The van der Waals surface area contributed by atoms with Crippen LogP contribution < -0.4 is 4.74 Å². The smallest absolute Gasteiger partial charge is 0.298 e. The monoisotopic (exact) mass is 550 g/mol. The molecular weight excluding hydrogens is 522 g/mol. The van der Waals surface area contributed by atoms with Crippen LogP contribution in [0.5, 0.6) is 5.88 Å². The molecule has 1 heterocycles. The molecule has 39 heavy (non-hydrogen) atoms. The van der Waals surface area contributed by atoms with E-state index in [9.17, 15) is 18.7 Å². The van der Waals surface area contributed by atoms with Gasteiger partial charge in [-0.05, 0) is 43.5 Å². The van der Waals surface area contributed by atoms with Gasteiger partial charge >= 0.3 is 0 Å². The zero-order valence-corrected chi connectivity index (χ0v) is 22.6. The van der Waals surface area contributed by atoms with E-state index in [2.05, 4.69) is 9.97 Å². The van der Waals surface area contributed by atoms with Gasteiger partial charge in [-0.15, -0.1) is 0 Å². The first-order valence-electron chi connectivity index (χ1n) is 12.5. The number of aromatic nitrogens is 2. The second-order valence-electron chi connectivity index (χ2n) is 9.58. The van der Waals surface area contributed by atoms with Crippen LogP contribution in [0.25, 0.3) is 11.3 Å². The summed E-state index contributed by atoms with van der Waals surface area (Å²) in [6.45, 7) is 4.92. The van der Waals surface area contributed by atoms with Crippen LogP contribution in [0, 0.1) is 6.92 Å². The first-order valence-corrected chi connectivity index (χ1v) is 12.9. The summed E-state index contributed by atoms with van der Waals surface area (Å²) in [5.74, 6) is -3.02. The van der Waals surface area contributed by atoms with Crippen LogP contribution in [-0.2, 0) is 23.6 Å².